The zero-order chi connectivity index (χ0) is 22.5. The van der Waals surface area contributed by atoms with Crippen LogP contribution in [-0.4, -0.2) is 30.3 Å². The van der Waals surface area contributed by atoms with Crippen LogP contribution in [0.2, 0.25) is 0 Å². The molecule has 3 aromatic rings. The smallest absolute Gasteiger partial charge is 0.407 e. The third-order valence-corrected chi connectivity index (χ3v) is 5.27. The molecule has 6 heteroatoms. The second-order valence-corrected chi connectivity index (χ2v) is 7.37. The molecule has 0 aromatic heterocycles. The number of carbonyl (C=O) groups excluding carboxylic acids is 1. The molecular weight excluding hydrogens is 409 g/mol. The number of benzene rings is 3. The van der Waals surface area contributed by atoms with E-state index in [1.54, 1.807) is 0 Å². The predicted octanol–water partition coefficient (Wildman–Crippen LogP) is 4.34. The molecule has 2 N–H and O–H groups in total. The van der Waals surface area contributed by atoms with Crippen LogP contribution in [0.4, 0.5) is 9.18 Å². The van der Waals surface area contributed by atoms with Crippen molar-refractivity contribution in [2.75, 3.05) is 13.2 Å². The van der Waals surface area contributed by atoms with Crippen LogP contribution in [0.3, 0.4) is 0 Å². The van der Waals surface area contributed by atoms with Crippen LogP contribution >= 0.6 is 0 Å². The summed E-state index contributed by atoms with van der Waals surface area (Å²) in [5, 5.41) is 11.4. The van der Waals surface area contributed by atoms with E-state index in [0.717, 1.165) is 22.3 Å². The number of ether oxygens (including phenoxy) is 1. The van der Waals surface area contributed by atoms with Gasteiger partial charge in [-0.2, -0.15) is 0 Å². The van der Waals surface area contributed by atoms with Crippen molar-refractivity contribution in [3.8, 4) is 23.0 Å². The fraction of sp³-hybridized carbons (Fsp3) is 0.154. The Bertz CT molecular complexity index is 1200. The Morgan fingerprint density at radius 3 is 2.31 bits per heavy atom. The molecule has 1 aliphatic carbocycles. The fourth-order valence-electron chi connectivity index (χ4n) is 3.86. The van der Waals surface area contributed by atoms with E-state index in [-0.39, 0.29) is 31.1 Å². The van der Waals surface area contributed by atoms with Gasteiger partial charge in [-0.3, -0.25) is 4.79 Å². The van der Waals surface area contributed by atoms with Gasteiger partial charge in [-0.25, -0.2) is 9.18 Å². The first-order valence-electron chi connectivity index (χ1n) is 10.1. The van der Waals surface area contributed by atoms with Gasteiger partial charge in [0.1, 0.15) is 12.4 Å². The van der Waals surface area contributed by atoms with Crippen LogP contribution in [-0.2, 0) is 16.0 Å². The molecule has 3 aromatic carbocycles. The van der Waals surface area contributed by atoms with Gasteiger partial charge >= 0.3 is 12.1 Å². The monoisotopic (exact) mass is 429 g/mol. The number of aliphatic carboxylic acids is 1. The summed E-state index contributed by atoms with van der Waals surface area (Å²) in [5.41, 5.74) is 5.08. The van der Waals surface area contributed by atoms with Gasteiger partial charge in [-0.15, -0.1) is 0 Å². The molecule has 1 amide bonds. The van der Waals surface area contributed by atoms with Crippen molar-refractivity contribution in [2.45, 2.75) is 12.3 Å². The number of fused-ring (bicyclic) bond motifs is 3. The molecule has 0 saturated heterocycles. The van der Waals surface area contributed by atoms with E-state index >= 15 is 0 Å². The summed E-state index contributed by atoms with van der Waals surface area (Å²) >= 11 is 0. The lowest BCUT2D eigenvalue weighted by Gasteiger charge is -2.14. The first kappa shape index (κ1) is 21.1. The zero-order valence-corrected chi connectivity index (χ0v) is 17.1. The highest BCUT2D eigenvalue weighted by Gasteiger charge is 2.28. The lowest BCUT2D eigenvalue weighted by Crippen LogP contribution is -2.26. The minimum atomic E-state index is -1.01. The number of halogens is 1. The number of carbonyl (C=O) groups is 2. The molecule has 0 aliphatic heterocycles. The van der Waals surface area contributed by atoms with Crippen molar-refractivity contribution in [3.05, 3.63) is 94.8 Å². The first-order valence-corrected chi connectivity index (χ1v) is 10.1. The number of rotatable bonds is 5. The Morgan fingerprint density at radius 1 is 1.00 bits per heavy atom. The van der Waals surface area contributed by atoms with Gasteiger partial charge in [0, 0.05) is 5.92 Å². The van der Waals surface area contributed by atoms with E-state index in [4.69, 9.17) is 9.84 Å². The van der Waals surface area contributed by atoms with Gasteiger partial charge in [-0.1, -0.05) is 66.4 Å². The Balaban J connectivity index is 1.34. The van der Waals surface area contributed by atoms with Gasteiger partial charge in [0.05, 0.1) is 18.5 Å². The maximum atomic E-state index is 13.9. The van der Waals surface area contributed by atoms with Crippen LogP contribution in [0.1, 0.15) is 28.2 Å². The van der Waals surface area contributed by atoms with Crippen molar-refractivity contribution >= 4 is 12.1 Å². The average molecular weight is 429 g/mol. The second kappa shape index (κ2) is 9.36. The van der Waals surface area contributed by atoms with Gasteiger partial charge in [0.15, 0.2) is 0 Å². The molecule has 160 valence electrons. The molecular formula is C26H20FNO4. The van der Waals surface area contributed by atoms with E-state index in [9.17, 15) is 14.0 Å². The summed E-state index contributed by atoms with van der Waals surface area (Å²) in [4.78, 5) is 22.9. The molecule has 4 rings (SSSR count). The van der Waals surface area contributed by atoms with Gasteiger partial charge in [0.2, 0.25) is 0 Å². The quantitative estimate of drug-likeness (QED) is 0.592. The van der Waals surface area contributed by atoms with E-state index in [1.165, 1.54) is 18.2 Å². The summed E-state index contributed by atoms with van der Waals surface area (Å²) in [6.07, 6.45) is -0.825. The summed E-state index contributed by atoms with van der Waals surface area (Å²) in [5.74, 6) is 3.69. The molecule has 0 unspecified atom stereocenters. The molecule has 32 heavy (non-hydrogen) atoms. The predicted molar refractivity (Wildman–Crippen MR) is 118 cm³/mol. The number of hydrogen-bond donors (Lipinski definition) is 2. The number of alkyl carbamates (subject to hydrolysis) is 1. The summed E-state index contributed by atoms with van der Waals surface area (Å²) < 4.78 is 19.3. The Kier molecular flexibility index (Phi) is 6.18. The molecule has 0 saturated carbocycles. The highest BCUT2D eigenvalue weighted by Crippen LogP contribution is 2.44. The average Bonchev–Trinajstić information content (AvgIpc) is 3.11. The van der Waals surface area contributed by atoms with E-state index in [1.807, 2.05) is 36.4 Å². The van der Waals surface area contributed by atoms with Gasteiger partial charge in [0.25, 0.3) is 0 Å². The zero-order valence-electron chi connectivity index (χ0n) is 17.1. The van der Waals surface area contributed by atoms with Gasteiger partial charge in [-0.05, 0) is 39.9 Å². The van der Waals surface area contributed by atoms with E-state index in [2.05, 4.69) is 29.3 Å². The molecule has 0 spiro atoms. The van der Waals surface area contributed by atoms with Gasteiger partial charge < -0.3 is 15.2 Å². The molecule has 0 fully saturated rings. The number of carboxylic acids is 1. The number of amides is 1. The Morgan fingerprint density at radius 2 is 1.66 bits per heavy atom. The molecule has 0 radical (unpaired) electrons. The molecule has 0 bridgehead atoms. The summed E-state index contributed by atoms with van der Waals surface area (Å²) in [6.45, 7) is 0.165. The maximum Gasteiger partial charge on any atom is 0.407 e. The SMILES string of the molecule is O=C(O)Cc1ccc(F)c(C#CCNC(=O)OCC2c3ccccc3-c3ccccc32)c1. The third kappa shape index (κ3) is 4.62. The molecule has 0 heterocycles. The van der Waals surface area contributed by atoms with Crippen LogP contribution in [0.25, 0.3) is 11.1 Å². The lowest BCUT2D eigenvalue weighted by atomic mass is 9.98. The minimum absolute atomic E-state index is 0.0285. The fourth-order valence-corrected chi connectivity index (χ4v) is 3.86. The number of hydrogen-bond acceptors (Lipinski definition) is 3. The molecule has 1 aliphatic rings. The largest absolute Gasteiger partial charge is 0.481 e. The van der Waals surface area contributed by atoms with Crippen LogP contribution in [0.15, 0.2) is 66.7 Å². The van der Waals surface area contributed by atoms with Crippen LogP contribution < -0.4 is 5.32 Å². The van der Waals surface area contributed by atoms with Crippen molar-refractivity contribution in [3.63, 3.8) is 0 Å². The van der Waals surface area contributed by atoms with Crippen molar-refractivity contribution in [2.24, 2.45) is 0 Å². The maximum absolute atomic E-state index is 13.9. The van der Waals surface area contributed by atoms with E-state index in [0.29, 0.717) is 5.56 Å². The Labute approximate surface area is 184 Å². The minimum Gasteiger partial charge on any atom is -0.481 e. The highest BCUT2D eigenvalue weighted by molar-refractivity contribution is 5.79. The number of carboxylic acid groups (broad SMARTS) is 1. The summed E-state index contributed by atoms with van der Waals surface area (Å²) in [7, 11) is 0. The normalized spacial score (nSPS) is 11.7. The van der Waals surface area contributed by atoms with Crippen molar-refractivity contribution in [1.29, 1.82) is 0 Å². The third-order valence-electron chi connectivity index (χ3n) is 5.27. The lowest BCUT2D eigenvalue weighted by molar-refractivity contribution is -0.136. The molecule has 0 atom stereocenters. The standard InChI is InChI=1S/C26H20FNO4/c27-24-12-11-17(15-25(29)30)14-18(24)6-5-13-28-26(31)32-16-23-21-9-3-1-7-19(21)20-8-2-4-10-22(20)23/h1-4,7-12,14,23H,13,15-16H2,(H,28,31)(H,29,30). The van der Waals surface area contributed by atoms with Crippen molar-refractivity contribution in [1.82, 2.24) is 5.32 Å². The first-order chi connectivity index (χ1) is 15.5. The summed E-state index contributed by atoms with van der Waals surface area (Å²) in [6, 6.07) is 20.1. The van der Waals surface area contributed by atoms with E-state index < -0.39 is 17.9 Å². The van der Waals surface area contributed by atoms with Crippen LogP contribution in [0, 0.1) is 17.7 Å². The second-order valence-electron chi connectivity index (χ2n) is 7.37. The van der Waals surface area contributed by atoms with Crippen molar-refractivity contribution < 1.29 is 23.8 Å². The van der Waals surface area contributed by atoms with Crippen LogP contribution in [0.5, 0.6) is 0 Å². The highest BCUT2D eigenvalue weighted by atomic mass is 19.1. The molecule has 5 nitrogen and oxygen atoms in total. The number of nitrogens with one attached hydrogen (secondary N) is 1. The Hall–Kier alpha value is -4.11. The topological polar surface area (TPSA) is 75.6 Å².